The highest BCUT2D eigenvalue weighted by Crippen LogP contribution is 2.32. The van der Waals surface area contributed by atoms with Crippen molar-refractivity contribution in [3.63, 3.8) is 0 Å². The number of ether oxygens (including phenoxy) is 2. The van der Waals surface area contributed by atoms with Gasteiger partial charge in [-0.05, 0) is 60.6 Å². The number of carbonyl (C=O) groups excluding carboxylic acids is 1. The Morgan fingerprint density at radius 2 is 1.70 bits per heavy atom. The summed E-state index contributed by atoms with van der Waals surface area (Å²) in [6.07, 6.45) is 3.19. The topological polar surface area (TPSA) is 93.7 Å². The quantitative estimate of drug-likeness (QED) is 0.735. The fourth-order valence-electron chi connectivity index (χ4n) is 3.79. The van der Waals surface area contributed by atoms with E-state index in [0.29, 0.717) is 30.4 Å². The van der Waals surface area contributed by atoms with E-state index in [2.05, 4.69) is 10.0 Å². The predicted molar refractivity (Wildman–Crippen MR) is 113 cm³/mol. The van der Waals surface area contributed by atoms with Crippen LogP contribution in [0.1, 0.15) is 31.4 Å². The lowest BCUT2D eigenvalue weighted by Gasteiger charge is -2.23. The summed E-state index contributed by atoms with van der Waals surface area (Å²) >= 11 is 0. The van der Waals surface area contributed by atoms with Gasteiger partial charge < -0.3 is 14.8 Å². The van der Waals surface area contributed by atoms with Gasteiger partial charge in [0.25, 0.3) is 0 Å². The van der Waals surface area contributed by atoms with Crippen molar-refractivity contribution in [2.45, 2.75) is 44.0 Å². The Labute approximate surface area is 176 Å². The molecule has 7 nitrogen and oxygen atoms in total. The minimum atomic E-state index is -3.93. The number of nitrogens with one attached hydrogen (secondary N) is 2. The summed E-state index contributed by atoms with van der Waals surface area (Å²) in [5.74, 6) is 0.262. The SMILES string of the molecule is CC(C)[C@@H](NS(=O)(=O)c1ccc2c(c1)OCCO2)C(=O)Nc1ccc2c(c1)CCC2. The molecule has 0 saturated heterocycles. The molecule has 0 spiro atoms. The monoisotopic (exact) mass is 430 g/mol. The minimum Gasteiger partial charge on any atom is -0.486 e. The summed E-state index contributed by atoms with van der Waals surface area (Å²) in [4.78, 5) is 12.9. The zero-order valence-electron chi connectivity index (χ0n) is 17.1. The zero-order chi connectivity index (χ0) is 21.3. The van der Waals surface area contributed by atoms with Crippen molar-refractivity contribution in [3.05, 3.63) is 47.5 Å². The van der Waals surface area contributed by atoms with Crippen molar-refractivity contribution >= 4 is 21.6 Å². The van der Waals surface area contributed by atoms with E-state index in [1.54, 1.807) is 19.9 Å². The second kappa shape index (κ2) is 8.28. The number of hydrogen-bond acceptors (Lipinski definition) is 5. The second-order valence-electron chi connectivity index (χ2n) is 7.97. The average Bonchev–Trinajstić information content (AvgIpc) is 3.19. The molecule has 2 N–H and O–H groups in total. The van der Waals surface area contributed by atoms with E-state index in [4.69, 9.17) is 9.47 Å². The first-order valence-electron chi connectivity index (χ1n) is 10.2. The Kier molecular flexibility index (Phi) is 5.71. The lowest BCUT2D eigenvalue weighted by Crippen LogP contribution is -2.47. The molecule has 2 aromatic carbocycles. The van der Waals surface area contributed by atoms with Crippen LogP contribution in [0.15, 0.2) is 41.3 Å². The lowest BCUT2D eigenvalue weighted by molar-refractivity contribution is -0.118. The molecule has 2 aromatic rings. The van der Waals surface area contributed by atoms with E-state index in [9.17, 15) is 13.2 Å². The van der Waals surface area contributed by atoms with Crippen LogP contribution in [0.25, 0.3) is 0 Å². The second-order valence-corrected chi connectivity index (χ2v) is 9.69. The molecule has 2 aliphatic rings. The number of amides is 1. The fourth-order valence-corrected chi connectivity index (χ4v) is 5.15. The molecule has 1 aliphatic heterocycles. The molecule has 1 atom stereocenters. The first-order valence-corrected chi connectivity index (χ1v) is 11.7. The highest BCUT2D eigenvalue weighted by Gasteiger charge is 2.29. The predicted octanol–water partition coefficient (Wildman–Crippen LogP) is 2.89. The van der Waals surface area contributed by atoms with Gasteiger partial charge in [-0.3, -0.25) is 4.79 Å². The maximum absolute atomic E-state index is 13.0. The van der Waals surface area contributed by atoms with Crippen LogP contribution in [0.3, 0.4) is 0 Å². The van der Waals surface area contributed by atoms with Crippen LogP contribution in [0.5, 0.6) is 11.5 Å². The summed E-state index contributed by atoms with van der Waals surface area (Å²) in [7, 11) is -3.93. The molecule has 0 aromatic heterocycles. The Hall–Kier alpha value is -2.58. The molecule has 0 unspecified atom stereocenters. The normalized spacial score (nSPS) is 16.2. The highest BCUT2D eigenvalue weighted by atomic mass is 32.2. The van der Waals surface area contributed by atoms with Gasteiger partial charge in [0, 0.05) is 11.8 Å². The van der Waals surface area contributed by atoms with Crippen LogP contribution in [-0.2, 0) is 27.7 Å². The molecule has 8 heteroatoms. The van der Waals surface area contributed by atoms with Crippen molar-refractivity contribution in [1.29, 1.82) is 0 Å². The number of aryl methyl sites for hydroxylation is 2. The Bertz CT molecular complexity index is 1070. The van der Waals surface area contributed by atoms with Crippen LogP contribution in [0.2, 0.25) is 0 Å². The van der Waals surface area contributed by atoms with Gasteiger partial charge >= 0.3 is 0 Å². The van der Waals surface area contributed by atoms with Crippen LogP contribution in [0, 0.1) is 5.92 Å². The van der Waals surface area contributed by atoms with Gasteiger partial charge in [0.2, 0.25) is 15.9 Å². The smallest absolute Gasteiger partial charge is 0.242 e. The van der Waals surface area contributed by atoms with E-state index < -0.39 is 16.1 Å². The van der Waals surface area contributed by atoms with Crippen LogP contribution in [0.4, 0.5) is 5.69 Å². The number of benzene rings is 2. The Morgan fingerprint density at radius 3 is 2.47 bits per heavy atom. The zero-order valence-corrected chi connectivity index (χ0v) is 17.9. The number of hydrogen-bond donors (Lipinski definition) is 2. The lowest BCUT2D eigenvalue weighted by atomic mass is 10.0. The molecule has 4 rings (SSSR count). The van der Waals surface area contributed by atoms with E-state index in [0.717, 1.165) is 19.3 Å². The van der Waals surface area contributed by atoms with Crippen molar-refractivity contribution in [2.24, 2.45) is 5.92 Å². The van der Waals surface area contributed by atoms with E-state index in [-0.39, 0.29) is 16.7 Å². The fraction of sp³-hybridized carbons (Fsp3) is 0.409. The largest absolute Gasteiger partial charge is 0.486 e. The van der Waals surface area contributed by atoms with Gasteiger partial charge in [0.15, 0.2) is 11.5 Å². The molecule has 1 aliphatic carbocycles. The van der Waals surface area contributed by atoms with Gasteiger partial charge in [0.1, 0.15) is 19.3 Å². The number of fused-ring (bicyclic) bond motifs is 2. The minimum absolute atomic E-state index is 0.0303. The first-order chi connectivity index (χ1) is 14.3. The molecule has 1 heterocycles. The summed E-state index contributed by atoms with van der Waals surface area (Å²) in [5, 5.41) is 2.87. The maximum Gasteiger partial charge on any atom is 0.242 e. The van der Waals surface area contributed by atoms with Crippen LogP contribution >= 0.6 is 0 Å². The van der Waals surface area contributed by atoms with Gasteiger partial charge in [-0.2, -0.15) is 4.72 Å². The summed E-state index contributed by atoms with van der Waals surface area (Å²) in [5.41, 5.74) is 3.24. The third-order valence-corrected chi connectivity index (χ3v) is 6.86. The van der Waals surface area contributed by atoms with Crippen LogP contribution < -0.4 is 19.5 Å². The van der Waals surface area contributed by atoms with Crippen molar-refractivity contribution in [3.8, 4) is 11.5 Å². The molecular formula is C22H26N2O5S. The molecule has 0 fully saturated rings. The summed E-state index contributed by atoms with van der Waals surface area (Å²) in [6, 6.07) is 9.40. The highest BCUT2D eigenvalue weighted by molar-refractivity contribution is 7.89. The van der Waals surface area contributed by atoms with Gasteiger partial charge in [-0.1, -0.05) is 19.9 Å². The molecule has 0 saturated carbocycles. The number of carbonyl (C=O) groups is 1. The molecule has 0 bridgehead atoms. The average molecular weight is 431 g/mol. The van der Waals surface area contributed by atoms with E-state index in [1.807, 2.05) is 18.2 Å². The number of anilines is 1. The molecule has 0 radical (unpaired) electrons. The van der Waals surface area contributed by atoms with Crippen molar-refractivity contribution in [1.82, 2.24) is 4.72 Å². The van der Waals surface area contributed by atoms with Gasteiger partial charge in [-0.15, -0.1) is 0 Å². The number of rotatable bonds is 6. The molecule has 30 heavy (non-hydrogen) atoms. The Balaban J connectivity index is 1.51. The molecule has 160 valence electrons. The van der Waals surface area contributed by atoms with Crippen LogP contribution in [-0.4, -0.2) is 33.6 Å². The summed E-state index contributed by atoms with van der Waals surface area (Å²) in [6.45, 7) is 4.40. The van der Waals surface area contributed by atoms with E-state index in [1.165, 1.54) is 23.3 Å². The van der Waals surface area contributed by atoms with E-state index >= 15 is 0 Å². The third-order valence-electron chi connectivity index (χ3n) is 5.42. The van der Waals surface area contributed by atoms with Crippen molar-refractivity contribution in [2.75, 3.05) is 18.5 Å². The van der Waals surface area contributed by atoms with Gasteiger partial charge in [0.05, 0.1) is 4.90 Å². The Morgan fingerprint density at radius 1 is 0.967 bits per heavy atom. The van der Waals surface area contributed by atoms with Gasteiger partial charge in [-0.25, -0.2) is 8.42 Å². The summed E-state index contributed by atoms with van der Waals surface area (Å²) < 4.78 is 39.4. The first kappa shape index (κ1) is 20.7. The molecular weight excluding hydrogens is 404 g/mol. The number of sulfonamides is 1. The third kappa shape index (κ3) is 4.29. The van der Waals surface area contributed by atoms with Crippen molar-refractivity contribution < 1.29 is 22.7 Å². The standard InChI is InChI=1S/C22H26N2O5S/c1-14(2)21(22(25)23-17-7-6-15-4-3-5-16(15)12-17)24-30(26,27)18-8-9-19-20(13-18)29-11-10-28-19/h6-9,12-14,21,24H,3-5,10-11H2,1-2H3,(H,23,25)/t21-/m1/s1. The maximum atomic E-state index is 13.0. The molecule has 1 amide bonds.